The molecular weight excluding hydrogens is 584 g/mol. The summed E-state index contributed by atoms with van der Waals surface area (Å²) in [5.41, 5.74) is 1.73. The lowest BCUT2D eigenvalue weighted by molar-refractivity contribution is -0.137. The Kier molecular flexibility index (Phi) is 7.19. The predicted molar refractivity (Wildman–Crippen MR) is 160 cm³/mol. The lowest BCUT2D eigenvalue weighted by atomic mass is 10.1. The summed E-state index contributed by atoms with van der Waals surface area (Å²) in [4.78, 5) is 0. The molecule has 4 aromatic carbocycles. The van der Waals surface area contributed by atoms with Gasteiger partial charge in [0.1, 0.15) is 5.75 Å². The Morgan fingerprint density at radius 2 is 1.54 bits per heavy atom. The van der Waals surface area contributed by atoms with Crippen LogP contribution in [-0.4, -0.2) is 9.72 Å². The molecule has 5 aromatic rings. The minimum Gasteiger partial charge on any atom is -0.455 e. The predicted octanol–water partition coefficient (Wildman–Crippen LogP) is 10.5. The first kappa shape index (κ1) is 27.5. The molecule has 0 N–H and O–H groups in total. The number of halogens is 4. The molecule has 1 atom stereocenters. The van der Waals surface area contributed by atoms with Gasteiger partial charge in [-0.2, -0.15) is 13.2 Å². The van der Waals surface area contributed by atoms with Gasteiger partial charge in [0, 0.05) is 43.3 Å². The Hall–Kier alpha value is -3.02. The van der Waals surface area contributed by atoms with Crippen LogP contribution in [0.25, 0.3) is 21.8 Å². The van der Waals surface area contributed by atoms with Gasteiger partial charge in [-0.15, -0.1) is 0 Å². The second kappa shape index (κ2) is 10.2. The average molecular weight is 613 g/mol. The normalized spacial score (nSPS) is 13.9. The Labute approximate surface area is 234 Å². The van der Waals surface area contributed by atoms with E-state index in [0.29, 0.717) is 5.75 Å². The van der Waals surface area contributed by atoms with Crippen molar-refractivity contribution < 1.29 is 17.7 Å². The van der Waals surface area contributed by atoms with Gasteiger partial charge in [-0.25, -0.2) is 4.74 Å². The number of aryl methyl sites for hydroxylation is 1. The van der Waals surface area contributed by atoms with Gasteiger partial charge in [0.15, 0.2) is 7.28 Å². The molecular formula is C31H29BrF3N2OP. The smallest absolute Gasteiger partial charge is 0.416 e. The van der Waals surface area contributed by atoms with E-state index in [-0.39, 0.29) is 5.69 Å². The van der Waals surface area contributed by atoms with Crippen LogP contribution in [0.5, 0.6) is 5.75 Å². The van der Waals surface area contributed by atoms with Gasteiger partial charge in [-0.1, -0.05) is 67.0 Å². The van der Waals surface area contributed by atoms with Crippen molar-refractivity contribution in [2.75, 3.05) is 0 Å². The third-order valence-corrected chi connectivity index (χ3v) is 11.1. The fourth-order valence-electron chi connectivity index (χ4n) is 4.96. The first-order valence-electron chi connectivity index (χ1n) is 12.7. The lowest BCUT2D eigenvalue weighted by Crippen LogP contribution is -2.27. The molecule has 0 fully saturated rings. The maximum absolute atomic E-state index is 13.6. The number of hydrogen-bond acceptors (Lipinski definition) is 2. The van der Waals surface area contributed by atoms with Crippen LogP contribution in [0.4, 0.5) is 18.9 Å². The molecule has 0 amide bonds. The van der Waals surface area contributed by atoms with Crippen molar-refractivity contribution in [3.05, 3.63) is 101 Å². The zero-order valence-corrected chi connectivity index (χ0v) is 24.6. The van der Waals surface area contributed by atoms with Gasteiger partial charge in [-0.3, -0.25) is 0 Å². The number of nitrogens with zero attached hydrogens (tertiary/aromatic N) is 2. The molecule has 0 aliphatic rings. The van der Waals surface area contributed by atoms with Crippen molar-refractivity contribution in [3.63, 3.8) is 0 Å². The molecule has 0 bridgehead atoms. The Balaban J connectivity index is 1.85. The van der Waals surface area contributed by atoms with Crippen LogP contribution in [0.3, 0.4) is 0 Å². The van der Waals surface area contributed by atoms with Crippen LogP contribution in [0, 0.1) is 0 Å². The highest BCUT2D eigenvalue weighted by Gasteiger charge is 2.40. The van der Waals surface area contributed by atoms with E-state index in [4.69, 9.17) is 9.27 Å². The first-order chi connectivity index (χ1) is 18.4. The van der Waals surface area contributed by atoms with Crippen LogP contribution in [-0.2, 0) is 12.7 Å². The molecule has 0 aliphatic heterocycles. The van der Waals surface area contributed by atoms with Crippen molar-refractivity contribution >= 4 is 56.0 Å². The highest BCUT2D eigenvalue weighted by molar-refractivity contribution is 9.10. The van der Waals surface area contributed by atoms with E-state index in [1.807, 2.05) is 63.2 Å². The number of para-hydroxylation sites is 1. The Bertz CT molecular complexity index is 1730. The lowest BCUT2D eigenvalue weighted by Gasteiger charge is -2.37. The Morgan fingerprint density at radius 3 is 2.23 bits per heavy atom. The van der Waals surface area contributed by atoms with E-state index in [1.54, 1.807) is 6.07 Å². The fraction of sp³-hybridized carbons (Fsp3) is 0.226. The largest absolute Gasteiger partial charge is 0.455 e. The van der Waals surface area contributed by atoms with Gasteiger partial charge in [-0.05, 0) is 67.6 Å². The first-order valence-corrected chi connectivity index (χ1v) is 15.1. The van der Waals surface area contributed by atoms with Crippen LogP contribution in [0.2, 0.25) is 0 Å². The summed E-state index contributed by atoms with van der Waals surface area (Å²) in [7, 11) is -3.02. The number of benzene rings is 4. The molecule has 0 unspecified atom stereocenters. The zero-order chi connectivity index (χ0) is 28.0. The molecule has 1 aromatic heterocycles. The number of alkyl halides is 3. The van der Waals surface area contributed by atoms with Gasteiger partial charge < -0.3 is 9.09 Å². The van der Waals surface area contributed by atoms with Crippen molar-refractivity contribution in [1.82, 2.24) is 4.57 Å². The second-order valence-corrected chi connectivity index (χ2v) is 14.7. The summed E-state index contributed by atoms with van der Waals surface area (Å²) in [5.74, 6) is 0.597. The van der Waals surface area contributed by atoms with E-state index < -0.39 is 24.2 Å². The van der Waals surface area contributed by atoms with Crippen molar-refractivity contribution in [3.8, 4) is 5.75 Å². The fourth-order valence-corrected chi connectivity index (χ4v) is 8.40. The monoisotopic (exact) mass is 612 g/mol. The molecule has 8 heteroatoms. The summed E-state index contributed by atoms with van der Waals surface area (Å²) in [6, 6.07) is 27.2. The van der Waals surface area contributed by atoms with Crippen LogP contribution >= 0.6 is 23.2 Å². The topological polar surface area (TPSA) is 26.5 Å². The summed E-state index contributed by atoms with van der Waals surface area (Å²) < 4.78 is 56.0. The molecule has 1 heterocycles. The maximum atomic E-state index is 13.6. The molecule has 202 valence electrons. The van der Waals surface area contributed by atoms with Crippen LogP contribution < -0.4 is 9.83 Å². The summed E-state index contributed by atoms with van der Waals surface area (Å²) in [6.07, 6.45) is -4.47. The van der Waals surface area contributed by atoms with Crippen molar-refractivity contribution in [2.45, 2.75) is 45.6 Å². The number of rotatable bonds is 5. The molecule has 3 nitrogen and oxygen atoms in total. The summed E-state index contributed by atoms with van der Waals surface area (Å²) >= 11 is 3.52. The van der Waals surface area contributed by atoms with Gasteiger partial charge >= 0.3 is 6.18 Å². The number of aromatic nitrogens is 1. The highest BCUT2D eigenvalue weighted by Crippen LogP contribution is 2.62. The van der Waals surface area contributed by atoms with Gasteiger partial charge in [0.2, 0.25) is 0 Å². The van der Waals surface area contributed by atoms with E-state index in [1.165, 1.54) is 6.07 Å². The van der Waals surface area contributed by atoms with Gasteiger partial charge in [0.25, 0.3) is 0 Å². The SMILES string of the molecule is CCn1c2ccccc2c2cc([P@](=Nc3cccc(C(F)(F)F)c3)(Oc3cccc(Br)c3)C(C)(C)C)ccc21. The third-order valence-electron chi connectivity index (χ3n) is 6.79. The number of fused-ring (bicyclic) bond motifs is 3. The molecule has 5 rings (SSSR count). The van der Waals surface area contributed by atoms with Crippen molar-refractivity contribution in [1.29, 1.82) is 0 Å². The maximum Gasteiger partial charge on any atom is 0.416 e. The number of hydrogen-bond donors (Lipinski definition) is 0. The minimum atomic E-state index is -4.47. The zero-order valence-electron chi connectivity index (χ0n) is 22.1. The standard InChI is InChI=1S/C31H29BrF3N2OP/c1-5-37-28-15-7-6-14-26(28)27-20-25(16-17-29(27)37)39(30(2,3)4,38-24-13-9-11-22(32)19-24)36-23-12-8-10-21(18-23)31(33,34)35/h6-20H,5H2,1-4H3/t39-/m0/s1. The van der Waals surface area contributed by atoms with Crippen LogP contribution in [0.1, 0.15) is 33.3 Å². The van der Waals surface area contributed by atoms with E-state index in [0.717, 1.165) is 50.3 Å². The molecule has 39 heavy (non-hydrogen) atoms. The van der Waals surface area contributed by atoms with E-state index in [2.05, 4.69) is 51.7 Å². The van der Waals surface area contributed by atoms with Crippen molar-refractivity contribution in [2.24, 2.45) is 4.74 Å². The highest BCUT2D eigenvalue weighted by atomic mass is 79.9. The summed E-state index contributed by atoms with van der Waals surface area (Å²) in [5, 5.41) is 2.49. The third kappa shape index (κ3) is 5.15. The average Bonchev–Trinajstić information content (AvgIpc) is 3.20. The quantitative estimate of drug-likeness (QED) is 0.181. The molecule has 0 saturated heterocycles. The molecule has 0 aliphatic carbocycles. The molecule has 0 radical (unpaired) electrons. The molecule has 0 spiro atoms. The minimum absolute atomic E-state index is 0.235. The Morgan fingerprint density at radius 1 is 0.821 bits per heavy atom. The van der Waals surface area contributed by atoms with Crippen LogP contribution in [0.15, 0.2) is 100 Å². The molecule has 0 saturated carbocycles. The van der Waals surface area contributed by atoms with Gasteiger partial charge in [0.05, 0.1) is 11.3 Å². The van der Waals surface area contributed by atoms with E-state index >= 15 is 0 Å². The van der Waals surface area contributed by atoms with E-state index in [9.17, 15) is 13.2 Å². The second-order valence-electron chi connectivity index (χ2n) is 10.4. The summed E-state index contributed by atoms with van der Waals surface area (Å²) in [6.45, 7) is 9.04.